The normalized spacial score (nSPS) is 10.6. The molecule has 2 aromatic rings. The van der Waals surface area contributed by atoms with Crippen molar-refractivity contribution >= 4 is 16.7 Å². The van der Waals surface area contributed by atoms with Crippen molar-refractivity contribution in [1.82, 2.24) is 9.55 Å². The highest BCUT2D eigenvalue weighted by atomic mass is 16.6. The first-order chi connectivity index (χ1) is 6.72. The molecule has 0 fully saturated rings. The predicted molar refractivity (Wildman–Crippen MR) is 52.1 cm³/mol. The van der Waals surface area contributed by atoms with Crippen molar-refractivity contribution in [2.75, 3.05) is 0 Å². The summed E-state index contributed by atoms with van der Waals surface area (Å²) >= 11 is 0. The van der Waals surface area contributed by atoms with Gasteiger partial charge < -0.3 is 4.57 Å². The first-order valence-electron chi connectivity index (χ1n) is 4.31. The molecular formula is C9H9N3O2. The zero-order chi connectivity index (χ0) is 10.1. The first kappa shape index (κ1) is 8.68. The van der Waals surface area contributed by atoms with Crippen LogP contribution < -0.4 is 0 Å². The summed E-state index contributed by atoms with van der Waals surface area (Å²) in [4.78, 5) is 14.1. The second-order valence-corrected chi connectivity index (χ2v) is 2.97. The summed E-state index contributed by atoms with van der Waals surface area (Å²) in [6, 6.07) is 3.37. The Hall–Kier alpha value is -1.91. The van der Waals surface area contributed by atoms with Gasteiger partial charge in [-0.05, 0) is 13.0 Å². The number of aryl methyl sites for hydroxylation is 1. The van der Waals surface area contributed by atoms with Gasteiger partial charge in [0.1, 0.15) is 11.8 Å². The first-order valence-corrected chi connectivity index (χ1v) is 4.31. The van der Waals surface area contributed by atoms with E-state index in [-0.39, 0.29) is 5.69 Å². The Morgan fingerprint density at radius 3 is 3.07 bits per heavy atom. The Bertz CT molecular complexity index is 490. The van der Waals surface area contributed by atoms with Crippen molar-refractivity contribution < 1.29 is 4.92 Å². The van der Waals surface area contributed by atoms with Crippen LogP contribution >= 0.6 is 0 Å². The number of aromatic nitrogens is 2. The lowest BCUT2D eigenvalue weighted by Crippen LogP contribution is -1.94. The summed E-state index contributed by atoms with van der Waals surface area (Å²) in [6.07, 6.45) is 3.16. The van der Waals surface area contributed by atoms with E-state index in [1.807, 2.05) is 23.8 Å². The number of hydrogen-bond acceptors (Lipinski definition) is 3. The van der Waals surface area contributed by atoms with Crippen LogP contribution in [-0.4, -0.2) is 14.5 Å². The fourth-order valence-electron chi connectivity index (χ4n) is 1.42. The molecule has 0 aliphatic carbocycles. The topological polar surface area (TPSA) is 61.0 Å². The summed E-state index contributed by atoms with van der Waals surface area (Å²) < 4.78 is 1.94. The summed E-state index contributed by atoms with van der Waals surface area (Å²) in [6.45, 7) is 2.82. The Kier molecular flexibility index (Phi) is 1.92. The number of nitrogens with zero attached hydrogens (tertiary/aromatic N) is 3. The third-order valence-corrected chi connectivity index (χ3v) is 2.14. The third kappa shape index (κ3) is 1.22. The van der Waals surface area contributed by atoms with Gasteiger partial charge >= 0.3 is 0 Å². The molecule has 0 amide bonds. The zero-order valence-electron chi connectivity index (χ0n) is 7.67. The second-order valence-electron chi connectivity index (χ2n) is 2.97. The van der Waals surface area contributed by atoms with Crippen molar-refractivity contribution in [3.63, 3.8) is 0 Å². The Labute approximate surface area is 80.1 Å². The second kappa shape index (κ2) is 3.10. The molecule has 0 bridgehead atoms. The molecule has 5 nitrogen and oxygen atoms in total. The van der Waals surface area contributed by atoms with E-state index >= 15 is 0 Å². The SMILES string of the molecule is CCn1ccc2cc([N+](=O)[O-])cnc21. The van der Waals surface area contributed by atoms with E-state index in [9.17, 15) is 10.1 Å². The molecule has 0 saturated carbocycles. The molecular weight excluding hydrogens is 182 g/mol. The standard InChI is InChI=1S/C9H9N3O2/c1-2-11-4-3-7-5-8(12(13)14)6-10-9(7)11/h3-6H,2H2,1H3. The molecule has 0 aliphatic heterocycles. The summed E-state index contributed by atoms with van der Waals surface area (Å²) in [7, 11) is 0. The molecule has 72 valence electrons. The van der Waals surface area contributed by atoms with E-state index in [0.29, 0.717) is 0 Å². The third-order valence-electron chi connectivity index (χ3n) is 2.14. The van der Waals surface area contributed by atoms with E-state index in [2.05, 4.69) is 4.98 Å². The molecule has 5 heteroatoms. The maximum absolute atomic E-state index is 10.5. The van der Waals surface area contributed by atoms with Gasteiger partial charge in [-0.15, -0.1) is 0 Å². The minimum absolute atomic E-state index is 0.0337. The average Bonchev–Trinajstić information content (AvgIpc) is 2.59. The van der Waals surface area contributed by atoms with Gasteiger partial charge in [0.25, 0.3) is 5.69 Å². The quantitative estimate of drug-likeness (QED) is 0.538. The van der Waals surface area contributed by atoms with E-state index in [1.165, 1.54) is 12.3 Å². The Morgan fingerprint density at radius 1 is 1.64 bits per heavy atom. The van der Waals surface area contributed by atoms with Gasteiger partial charge in [0.2, 0.25) is 0 Å². The van der Waals surface area contributed by atoms with Gasteiger partial charge in [-0.25, -0.2) is 4.98 Å². The van der Waals surface area contributed by atoms with Crippen LogP contribution in [0, 0.1) is 10.1 Å². The van der Waals surface area contributed by atoms with E-state index in [1.54, 1.807) is 0 Å². The predicted octanol–water partition coefficient (Wildman–Crippen LogP) is 1.96. The molecule has 0 radical (unpaired) electrons. The van der Waals surface area contributed by atoms with E-state index < -0.39 is 4.92 Å². The van der Waals surface area contributed by atoms with Crippen LogP contribution in [0.1, 0.15) is 6.92 Å². The van der Waals surface area contributed by atoms with Crippen LogP contribution in [0.15, 0.2) is 24.5 Å². The highest BCUT2D eigenvalue weighted by Crippen LogP contribution is 2.18. The van der Waals surface area contributed by atoms with Crippen LogP contribution in [0.4, 0.5) is 5.69 Å². The van der Waals surface area contributed by atoms with Gasteiger partial charge in [-0.3, -0.25) is 10.1 Å². The highest BCUT2D eigenvalue weighted by molar-refractivity contribution is 5.78. The molecule has 0 saturated heterocycles. The number of nitro groups is 1. The molecule has 2 rings (SSSR count). The van der Waals surface area contributed by atoms with Crippen molar-refractivity contribution in [2.45, 2.75) is 13.5 Å². The highest BCUT2D eigenvalue weighted by Gasteiger charge is 2.08. The van der Waals surface area contributed by atoms with Crippen LogP contribution in [0.25, 0.3) is 11.0 Å². The van der Waals surface area contributed by atoms with Crippen LogP contribution in [0.2, 0.25) is 0 Å². The molecule has 0 aliphatic rings. The smallest absolute Gasteiger partial charge is 0.288 e. The van der Waals surface area contributed by atoms with Crippen LogP contribution in [0.5, 0.6) is 0 Å². The van der Waals surface area contributed by atoms with Crippen LogP contribution in [-0.2, 0) is 6.54 Å². The monoisotopic (exact) mass is 191 g/mol. The summed E-state index contributed by atoms with van der Waals surface area (Å²) in [5, 5.41) is 11.3. The number of fused-ring (bicyclic) bond motifs is 1. The Balaban J connectivity index is 2.63. The van der Waals surface area contributed by atoms with Crippen LogP contribution in [0.3, 0.4) is 0 Å². The molecule has 0 atom stereocenters. The van der Waals surface area contributed by atoms with E-state index in [0.717, 1.165) is 17.6 Å². The molecule has 2 aromatic heterocycles. The van der Waals surface area contributed by atoms with Gasteiger partial charge in [-0.1, -0.05) is 0 Å². The number of pyridine rings is 1. The lowest BCUT2D eigenvalue weighted by molar-refractivity contribution is -0.385. The largest absolute Gasteiger partial charge is 0.333 e. The molecule has 0 unspecified atom stereocenters. The molecule has 2 heterocycles. The van der Waals surface area contributed by atoms with Crippen molar-refractivity contribution in [1.29, 1.82) is 0 Å². The maximum atomic E-state index is 10.5. The lowest BCUT2D eigenvalue weighted by Gasteiger charge is -1.98. The fraction of sp³-hybridized carbons (Fsp3) is 0.222. The van der Waals surface area contributed by atoms with Gasteiger partial charge in [-0.2, -0.15) is 0 Å². The van der Waals surface area contributed by atoms with Gasteiger partial charge in [0.15, 0.2) is 0 Å². The van der Waals surface area contributed by atoms with Gasteiger partial charge in [0.05, 0.1) is 4.92 Å². The zero-order valence-corrected chi connectivity index (χ0v) is 7.67. The Morgan fingerprint density at radius 2 is 2.43 bits per heavy atom. The number of rotatable bonds is 2. The number of hydrogen-bond donors (Lipinski definition) is 0. The molecule has 0 aromatic carbocycles. The van der Waals surface area contributed by atoms with Crippen molar-refractivity contribution in [3.05, 3.63) is 34.6 Å². The molecule has 0 spiro atoms. The minimum Gasteiger partial charge on any atom is -0.333 e. The maximum Gasteiger partial charge on any atom is 0.288 e. The van der Waals surface area contributed by atoms with E-state index in [4.69, 9.17) is 0 Å². The lowest BCUT2D eigenvalue weighted by atomic mass is 10.3. The van der Waals surface area contributed by atoms with Crippen molar-refractivity contribution in [3.8, 4) is 0 Å². The average molecular weight is 191 g/mol. The van der Waals surface area contributed by atoms with Crippen molar-refractivity contribution in [2.24, 2.45) is 0 Å². The fourth-order valence-corrected chi connectivity index (χ4v) is 1.42. The molecule has 14 heavy (non-hydrogen) atoms. The minimum atomic E-state index is -0.435. The summed E-state index contributed by atoms with van der Waals surface area (Å²) in [5.74, 6) is 0. The molecule has 0 N–H and O–H groups in total. The van der Waals surface area contributed by atoms with Gasteiger partial charge in [0, 0.05) is 24.2 Å². The summed E-state index contributed by atoms with van der Waals surface area (Å²) in [5.41, 5.74) is 0.824.